The average molecular weight is 560 g/mol. The van der Waals surface area contributed by atoms with E-state index >= 15 is 0 Å². The number of hydrogen-bond acceptors (Lipinski definition) is 6. The molecule has 2 N–H and O–H groups in total. The van der Waals surface area contributed by atoms with Gasteiger partial charge in [-0.25, -0.2) is 8.42 Å². The highest BCUT2D eigenvalue weighted by Gasteiger charge is 2.41. The van der Waals surface area contributed by atoms with Crippen molar-refractivity contribution >= 4 is 27.1 Å². The minimum absolute atomic E-state index is 0.0365. The molecule has 6 nitrogen and oxygen atoms in total. The summed E-state index contributed by atoms with van der Waals surface area (Å²) in [7, 11) is -2.67. The first-order valence-corrected chi connectivity index (χ1v) is 16.3. The molecule has 0 aromatic heterocycles. The molecule has 218 valence electrons. The summed E-state index contributed by atoms with van der Waals surface area (Å²) < 4.78 is 33.8. The zero-order valence-electron chi connectivity index (χ0n) is 24.7. The Balaban J connectivity index is 2.30. The van der Waals surface area contributed by atoms with E-state index in [2.05, 4.69) is 6.92 Å². The van der Waals surface area contributed by atoms with Crippen LogP contribution in [0.4, 0.5) is 5.69 Å². The Hall–Kier alpha value is -2.41. The Morgan fingerprint density at radius 3 is 1.87 bits per heavy atom. The quantitative estimate of drug-likeness (QED) is 0.112. The SMILES string of the molecule is CCCCCCCCCCCCCC(C1=C(CCC)C(=O)C(C)=C(C)C1=O)S(=O)(=O)c1cc(N)ccc1OC. The second-order valence-electron chi connectivity index (χ2n) is 10.8. The molecule has 0 fully saturated rings. The van der Waals surface area contributed by atoms with Crippen molar-refractivity contribution in [2.45, 2.75) is 128 Å². The van der Waals surface area contributed by atoms with Gasteiger partial charge in [0.1, 0.15) is 10.6 Å². The molecular formula is C32H49NO5S. The van der Waals surface area contributed by atoms with Gasteiger partial charge in [-0.3, -0.25) is 9.59 Å². The Labute approximate surface area is 236 Å². The van der Waals surface area contributed by atoms with Crippen LogP contribution in [-0.4, -0.2) is 32.3 Å². The lowest BCUT2D eigenvalue weighted by Gasteiger charge is -2.27. The molecule has 0 radical (unpaired) electrons. The van der Waals surface area contributed by atoms with Crippen molar-refractivity contribution in [1.29, 1.82) is 0 Å². The number of methoxy groups -OCH3 is 1. The van der Waals surface area contributed by atoms with Crippen LogP contribution in [0.1, 0.15) is 118 Å². The summed E-state index contributed by atoms with van der Waals surface area (Å²) in [6.45, 7) is 7.42. The maximum absolute atomic E-state index is 14.2. The number of allylic oxidation sites excluding steroid dienone is 3. The van der Waals surface area contributed by atoms with Crippen molar-refractivity contribution < 1.29 is 22.7 Å². The van der Waals surface area contributed by atoms with Gasteiger partial charge in [0.15, 0.2) is 21.4 Å². The first kappa shape index (κ1) is 32.8. The molecule has 0 aliphatic heterocycles. The minimum atomic E-state index is -4.09. The maximum Gasteiger partial charge on any atom is 0.189 e. The molecule has 1 atom stereocenters. The molecule has 1 aromatic carbocycles. The number of ketones is 2. The van der Waals surface area contributed by atoms with E-state index in [1.165, 1.54) is 64.2 Å². The number of benzene rings is 1. The van der Waals surface area contributed by atoms with Gasteiger partial charge in [0.25, 0.3) is 0 Å². The molecule has 0 bridgehead atoms. The van der Waals surface area contributed by atoms with Crippen LogP contribution in [0.5, 0.6) is 5.75 Å². The van der Waals surface area contributed by atoms with Gasteiger partial charge in [-0.1, -0.05) is 90.9 Å². The lowest BCUT2D eigenvalue weighted by Crippen LogP contribution is -2.34. The molecule has 1 aliphatic rings. The van der Waals surface area contributed by atoms with Crippen LogP contribution in [0.3, 0.4) is 0 Å². The molecule has 0 spiro atoms. The number of ether oxygens (including phenoxy) is 1. The highest BCUT2D eigenvalue weighted by molar-refractivity contribution is 7.92. The Morgan fingerprint density at radius 1 is 0.795 bits per heavy atom. The maximum atomic E-state index is 14.2. The van der Waals surface area contributed by atoms with Gasteiger partial charge in [-0.2, -0.15) is 0 Å². The van der Waals surface area contributed by atoms with Crippen LogP contribution in [0, 0.1) is 0 Å². The van der Waals surface area contributed by atoms with E-state index in [-0.39, 0.29) is 34.2 Å². The molecule has 1 aliphatic carbocycles. The number of carbonyl (C=O) groups excluding carboxylic acids is 2. The van der Waals surface area contributed by atoms with Gasteiger partial charge in [0.05, 0.1) is 12.4 Å². The number of rotatable bonds is 18. The topological polar surface area (TPSA) is 104 Å². The first-order chi connectivity index (χ1) is 18.6. The van der Waals surface area contributed by atoms with Gasteiger partial charge in [-0.05, 0) is 44.9 Å². The van der Waals surface area contributed by atoms with E-state index in [9.17, 15) is 18.0 Å². The van der Waals surface area contributed by atoms with E-state index in [4.69, 9.17) is 10.5 Å². The lowest BCUT2D eigenvalue weighted by molar-refractivity contribution is -0.116. The van der Waals surface area contributed by atoms with Crippen LogP contribution in [-0.2, 0) is 19.4 Å². The van der Waals surface area contributed by atoms with Crippen molar-refractivity contribution in [3.8, 4) is 5.75 Å². The number of unbranched alkanes of at least 4 members (excludes halogenated alkanes) is 10. The summed E-state index contributed by atoms with van der Waals surface area (Å²) in [5.74, 6) is -0.374. The van der Waals surface area contributed by atoms with E-state index in [0.717, 1.165) is 19.3 Å². The van der Waals surface area contributed by atoms with E-state index in [1.807, 2.05) is 6.92 Å². The fourth-order valence-corrected chi connectivity index (χ4v) is 7.46. The third kappa shape index (κ3) is 8.54. The lowest BCUT2D eigenvalue weighted by atomic mass is 9.81. The number of nitrogen functional groups attached to an aromatic ring is 1. The molecule has 39 heavy (non-hydrogen) atoms. The summed E-state index contributed by atoms with van der Waals surface area (Å²) >= 11 is 0. The van der Waals surface area contributed by atoms with Crippen molar-refractivity contribution in [3.63, 3.8) is 0 Å². The predicted molar refractivity (Wildman–Crippen MR) is 160 cm³/mol. The minimum Gasteiger partial charge on any atom is -0.495 e. The number of anilines is 1. The second-order valence-corrected chi connectivity index (χ2v) is 12.9. The second kappa shape index (κ2) is 16.0. The van der Waals surface area contributed by atoms with Crippen LogP contribution in [0.15, 0.2) is 45.4 Å². The van der Waals surface area contributed by atoms with E-state index in [1.54, 1.807) is 19.9 Å². The van der Waals surface area contributed by atoms with Gasteiger partial charge < -0.3 is 10.5 Å². The number of nitrogens with two attached hydrogens (primary N) is 1. The summed E-state index contributed by atoms with van der Waals surface area (Å²) in [6, 6.07) is 4.51. The average Bonchev–Trinajstić information content (AvgIpc) is 2.92. The van der Waals surface area contributed by atoms with Crippen molar-refractivity contribution in [2.75, 3.05) is 12.8 Å². The predicted octanol–water partition coefficient (Wildman–Crippen LogP) is 7.71. The van der Waals surface area contributed by atoms with Crippen molar-refractivity contribution in [2.24, 2.45) is 0 Å². The summed E-state index contributed by atoms with van der Waals surface area (Å²) in [5.41, 5.74) is 7.48. The van der Waals surface area contributed by atoms with Gasteiger partial charge in [-0.15, -0.1) is 0 Å². The highest BCUT2D eigenvalue weighted by atomic mass is 32.2. The fraction of sp³-hybridized carbons (Fsp3) is 0.625. The molecule has 1 aromatic rings. The molecule has 0 amide bonds. The van der Waals surface area contributed by atoms with Gasteiger partial charge in [0, 0.05) is 28.0 Å². The molecule has 2 rings (SSSR count). The fourth-order valence-electron chi connectivity index (χ4n) is 5.38. The molecule has 0 heterocycles. The summed E-state index contributed by atoms with van der Waals surface area (Å²) in [4.78, 5) is 26.9. The number of hydrogen-bond donors (Lipinski definition) is 1. The van der Waals surface area contributed by atoms with Gasteiger partial charge >= 0.3 is 0 Å². The van der Waals surface area contributed by atoms with Crippen LogP contribution in [0.25, 0.3) is 0 Å². The normalized spacial score (nSPS) is 15.3. The molecule has 0 saturated carbocycles. The van der Waals surface area contributed by atoms with Crippen LogP contribution < -0.4 is 10.5 Å². The summed E-state index contributed by atoms with van der Waals surface area (Å²) in [6.07, 6.45) is 13.8. The molecular weight excluding hydrogens is 510 g/mol. The number of sulfone groups is 1. The molecule has 0 saturated heterocycles. The van der Waals surface area contributed by atoms with Crippen LogP contribution >= 0.6 is 0 Å². The third-order valence-corrected chi connectivity index (χ3v) is 10.0. The first-order valence-electron chi connectivity index (χ1n) is 14.8. The smallest absolute Gasteiger partial charge is 0.189 e. The van der Waals surface area contributed by atoms with E-state index in [0.29, 0.717) is 41.7 Å². The van der Waals surface area contributed by atoms with Crippen molar-refractivity contribution in [3.05, 3.63) is 40.5 Å². The molecule has 1 unspecified atom stereocenters. The zero-order valence-corrected chi connectivity index (χ0v) is 25.6. The van der Waals surface area contributed by atoms with Gasteiger partial charge in [0.2, 0.25) is 0 Å². The van der Waals surface area contributed by atoms with Crippen LogP contribution in [0.2, 0.25) is 0 Å². The number of carbonyl (C=O) groups is 2. The monoisotopic (exact) mass is 559 g/mol. The highest BCUT2D eigenvalue weighted by Crippen LogP contribution is 2.38. The summed E-state index contributed by atoms with van der Waals surface area (Å²) in [5, 5.41) is -1.13. The Bertz CT molecular complexity index is 1160. The van der Waals surface area contributed by atoms with Crippen molar-refractivity contribution in [1.82, 2.24) is 0 Å². The van der Waals surface area contributed by atoms with E-state index < -0.39 is 15.1 Å². The zero-order chi connectivity index (χ0) is 29.0. The standard InChI is InChI=1S/C32H49NO5S/c1-6-8-9-10-11-12-13-14-15-16-17-19-28(39(36,37)29-22-25(33)20-21-27(29)38-5)30-26(18-7-2)31(34)23(3)24(4)32(30)35/h20-22,28H,6-19,33H2,1-5H3. The number of Topliss-reactive ketones (excluding diaryl/α,β-unsaturated/α-hetero) is 2. The Morgan fingerprint density at radius 2 is 1.33 bits per heavy atom. The third-order valence-electron chi connectivity index (χ3n) is 7.85. The molecule has 7 heteroatoms. The largest absolute Gasteiger partial charge is 0.495 e. The Kier molecular flexibility index (Phi) is 13.5.